The van der Waals surface area contributed by atoms with Crippen molar-refractivity contribution in [1.29, 1.82) is 0 Å². The molecule has 0 aliphatic carbocycles. The lowest BCUT2D eigenvalue weighted by molar-refractivity contribution is 0.0697. The van der Waals surface area contributed by atoms with Gasteiger partial charge in [0.2, 0.25) is 0 Å². The summed E-state index contributed by atoms with van der Waals surface area (Å²) in [4.78, 5) is 15.4. The number of aromatic carboxylic acids is 1. The average molecular weight is 260 g/mol. The van der Waals surface area contributed by atoms with E-state index in [2.05, 4.69) is 15.4 Å². The first kappa shape index (κ1) is 13.1. The van der Waals surface area contributed by atoms with Gasteiger partial charge in [0.1, 0.15) is 11.4 Å². The SMILES string of the molecule is Cc1ccc(CNc2c(C(=O)O)c(C)nn2C)cn1. The molecule has 0 aliphatic rings. The Morgan fingerprint density at radius 3 is 2.74 bits per heavy atom. The van der Waals surface area contributed by atoms with Crippen LogP contribution in [0.1, 0.15) is 27.3 Å². The van der Waals surface area contributed by atoms with Crippen LogP contribution in [0.2, 0.25) is 0 Å². The molecule has 0 saturated heterocycles. The fourth-order valence-corrected chi connectivity index (χ4v) is 1.91. The minimum atomic E-state index is -0.977. The summed E-state index contributed by atoms with van der Waals surface area (Å²) in [6.07, 6.45) is 1.77. The molecule has 0 radical (unpaired) electrons. The highest BCUT2D eigenvalue weighted by Crippen LogP contribution is 2.19. The van der Waals surface area contributed by atoms with E-state index in [0.717, 1.165) is 11.3 Å². The number of carboxylic acid groups (broad SMARTS) is 1. The zero-order valence-corrected chi connectivity index (χ0v) is 11.1. The van der Waals surface area contributed by atoms with E-state index in [4.69, 9.17) is 0 Å². The smallest absolute Gasteiger partial charge is 0.341 e. The molecule has 2 N–H and O–H groups in total. The van der Waals surface area contributed by atoms with Crippen molar-refractivity contribution in [1.82, 2.24) is 14.8 Å². The Labute approximate surface area is 111 Å². The van der Waals surface area contributed by atoms with Crippen molar-refractivity contribution in [2.75, 3.05) is 5.32 Å². The molecule has 0 amide bonds. The van der Waals surface area contributed by atoms with Gasteiger partial charge in [-0.15, -0.1) is 0 Å². The van der Waals surface area contributed by atoms with Crippen LogP contribution in [0.3, 0.4) is 0 Å². The Bertz CT molecular complexity index is 602. The first-order chi connectivity index (χ1) is 8.99. The monoisotopic (exact) mass is 260 g/mol. The maximum atomic E-state index is 11.2. The van der Waals surface area contributed by atoms with Crippen molar-refractivity contribution in [2.24, 2.45) is 7.05 Å². The summed E-state index contributed by atoms with van der Waals surface area (Å²) in [5.74, 6) is -0.472. The third-order valence-electron chi connectivity index (χ3n) is 2.87. The fraction of sp³-hybridized carbons (Fsp3) is 0.308. The molecule has 2 heterocycles. The molecule has 0 aliphatic heterocycles. The molecule has 6 nitrogen and oxygen atoms in total. The summed E-state index contributed by atoms with van der Waals surface area (Å²) in [7, 11) is 1.72. The van der Waals surface area contributed by atoms with Crippen molar-refractivity contribution in [3.05, 3.63) is 40.8 Å². The largest absolute Gasteiger partial charge is 0.477 e. The number of rotatable bonds is 4. The molecule has 0 unspecified atom stereocenters. The lowest BCUT2D eigenvalue weighted by Crippen LogP contribution is -2.09. The second-order valence-corrected chi connectivity index (χ2v) is 4.40. The van der Waals surface area contributed by atoms with E-state index in [1.54, 1.807) is 24.9 Å². The number of nitrogens with zero attached hydrogens (tertiary/aromatic N) is 3. The molecule has 100 valence electrons. The van der Waals surface area contributed by atoms with Crippen LogP contribution < -0.4 is 5.32 Å². The van der Waals surface area contributed by atoms with Crippen LogP contribution in [0, 0.1) is 13.8 Å². The zero-order chi connectivity index (χ0) is 14.0. The molecule has 2 rings (SSSR count). The molecule has 2 aromatic rings. The minimum absolute atomic E-state index is 0.211. The quantitative estimate of drug-likeness (QED) is 0.875. The molecule has 0 atom stereocenters. The first-order valence-corrected chi connectivity index (χ1v) is 5.91. The lowest BCUT2D eigenvalue weighted by Gasteiger charge is -2.08. The van der Waals surface area contributed by atoms with Crippen molar-refractivity contribution < 1.29 is 9.90 Å². The van der Waals surface area contributed by atoms with Crippen LogP contribution in [0.4, 0.5) is 5.82 Å². The highest BCUT2D eigenvalue weighted by atomic mass is 16.4. The topological polar surface area (TPSA) is 80.0 Å². The molecule has 0 aromatic carbocycles. The van der Waals surface area contributed by atoms with Gasteiger partial charge in [0.05, 0.1) is 5.69 Å². The van der Waals surface area contributed by atoms with Gasteiger partial charge in [-0.1, -0.05) is 6.07 Å². The Balaban J connectivity index is 2.20. The van der Waals surface area contributed by atoms with Gasteiger partial charge in [0.25, 0.3) is 0 Å². The van der Waals surface area contributed by atoms with Crippen LogP contribution in [-0.2, 0) is 13.6 Å². The summed E-state index contributed by atoms with van der Waals surface area (Å²) < 4.78 is 1.54. The van der Waals surface area contributed by atoms with Gasteiger partial charge in [0, 0.05) is 25.5 Å². The normalized spacial score (nSPS) is 10.5. The molecular weight excluding hydrogens is 244 g/mol. The molecular formula is C13H16N4O2. The number of aryl methyl sites for hydroxylation is 3. The number of carboxylic acids is 1. The van der Waals surface area contributed by atoms with Crippen LogP contribution in [0.15, 0.2) is 18.3 Å². The van der Waals surface area contributed by atoms with Gasteiger partial charge < -0.3 is 10.4 Å². The fourth-order valence-electron chi connectivity index (χ4n) is 1.91. The van der Waals surface area contributed by atoms with Gasteiger partial charge >= 0.3 is 5.97 Å². The molecule has 0 bridgehead atoms. The van der Waals surface area contributed by atoms with Crippen molar-refractivity contribution in [3.8, 4) is 0 Å². The molecule has 2 aromatic heterocycles. The van der Waals surface area contributed by atoms with Gasteiger partial charge in [-0.2, -0.15) is 5.10 Å². The van der Waals surface area contributed by atoms with E-state index >= 15 is 0 Å². The summed E-state index contributed by atoms with van der Waals surface area (Å²) >= 11 is 0. The number of carbonyl (C=O) groups is 1. The zero-order valence-electron chi connectivity index (χ0n) is 11.1. The molecule has 0 fully saturated rings. The number of anilines is 1. The summed E-state index contributed by atoms with van der Waals surface area (Å²) in [6, 6.07) is 3.88. The standard InChI is InChI=1S/C13H16N4O2/c1-8-4-5-10(6-14-8)7-15-12-11(13(18)19)9(2)16-17(12)3/h4-6,15H,7H2,1-3H3,(H,18,19). The number of aromatic nitrogens is 3. The molecule has 6 heteroatoms. The Hall–Kier alpha value is -2.37. The Morgan fingerprint density at radius 2 is 2.16 bits per heavy atom. The van der Waals surface area contributed by atoms with E-state index in [1.807, 2.05) is 19.1 Å². The summed E-state index contributed by atoms with van der Waals surface area (Å²) in [5, 5.41) is 16.4. The number of hydrogen-bond donors (Lipinski definition) is 2. The van der Waals surface area contributed by atoms with Crippen molar-refractivity contribution in [2.45, 2.75) is 20.4 Å². The van der Waals surface area contributed by atoms with Gasteiger partial charge in [0.15, 0.2) is 0 Å². The predicted octanol–water partition coefficient (Wildman–Crippen LogP) is 1.74. The second-order valence-electron chi connectivity index (χ2n) is 4.40. The summed E-state index contributed by atoms with van der Waals surface area (Å²) in [6.45, 7) is 4.11. The van der Waals surface area contributed by atoms with Gasteiger partial charge in [-0.05, 0) is 25.5 Å². The Morgan fingerprint density at radius 1 is 1.42 bits per heavy atom. The molecule has 0 saturated carbocycles. The van der Waals surface area contributed by atoms with E-state index in [9.17, 15) is 9.90 Å². The second kappa shape index (κ2) is 5.09. The van der Waals surface area contributed by atoms with Crippen LogP contribution >= 0.6 is 0 Å². The third kappa shape index (κ3) is 2.73. The first-order valence-electron chi connectivity index (χ1n) is 5.91. The number of pyridine rings is 1. The summed E-state index contributed by atoms with van der Waals surface area (Å²) in [5.41, 5.74) is 2.65. The highest BCUT2D eigenvalue weighted by Gasteiger charge is 2.19. The van der Waals surface area contributed by atoms with Crippen LogP contribution in [-0.4, -0.2) is 25.8 Å². The minimum Gasteiger partial charge on any atom is -0.477 e. The predicted molar refractivity (Wildman–Crippen MR) is 71.2 cm³/mol. The third-order valence-corrected chi connectivity index (χ3v) is 2.87. The average Bonchev–Trinajstić information content (AvgIpc) is 2.63. The van der Waals surface area contributed by atoms with Crippen LogP contribution in [0.25, 0.3) is 0 Å². The van der Waals surface area contributed by atoms with E-state index < -0.39 is 5.97 Å². The Kier molecular flexibility index (Phi) is 3.50. The van der Waals surface area contributed by atoms with Crippen molar-refractivity contribution >= 4 is 11.8 Å². The van der Waals surface area contributed by atoms with E-state index in [1.165, 1.54) is 0 Å². The van der Waals surface area contributed by atoms with Crippen LogP contribution in [0.5, 0.6) is 0 Å². The number of nitrogens with one attached hydrogen (secondary N) is 1. The number of hydrogen-bond acceptors (Lipinski definition) is 4. The molecule has 19 heavy (non-hydrogen) atoms. The highest BCUT2D eigenvalue weighted by molar-refractivity contribution is 5.94. The van der Waals surface area contributed by atoms with Gasteiger partial charge in [-0.25, -0.2) is 4.79 Å². The lowest BCUT2D eigenvalue weighted by atomic mass is 10.2. The maximum Gasteiger partial charge on any atom is 0.341 e. The van der Waals surface area contributed by atoms with E-state index in [-0.39, 0.29) is 5.56 Å². The maximum absolute atomic E-state index is 11.2. The van der Waals surface area contributed by atoms with Crippen molar-refractivity contribution in [3.63, 3.8) is 0 Å². The van der Waals surface area contributed by atoms with Gasteiger partial charge in [-0.3, -0.25) is 9.67 Å². The molecule has 0 spiro atoms. The van der Waals surface area contributed by atoms with E-state index in [0.29, 0.717) is 18.1 Å².